The fraction of sp³-hybridized carbons (Fsp3) is 0.381. The van der Waals surface area contributed by atoms with E-state index >= 15 is 0 Å². The summed E-state index contributed by atoms with van der Waals surface area (Å²) in [5.41, 5.74) is 0.928. The summed E-state index contributed by atoms with van der Waals surface area (Å²) in [5, 5.41) is 3.42. The van der Waals surface area contributed by atoms with Crippen LogP contribution in [-0.4, -0.2) is 32.2 Å². The van der Waals surface area contributed by atoms with Gasteiger partial charge in [0.05, 0.1) is 11.9 Å². The lowest BCUT2D eigenvalue weighted by atomic mass is 9.94. The zero-order valence-corrected chi connectivity index (χ0v) is 18.2. The molecule has 0 heterocycles. The third kappa shape index (κ3) is 5.97. The first-order valence-corrected chi connectivity index (χ1v) is 11.4. The first kappa shape index (κ1) is 22.2. The molecule has 5 nitrogen and oxygen atoms in total. The Morgan fingerprint density at radius 1 is 1.14 bits per heavy atom. The molecule has 0 bridgehead atoms. The summed E-state index contributed by atoms with van der Waals surface area (Å²) in [7, 11) is -3.69. The smallest absolute Gasteiger partial charge is 0.244 e. The van der Waals surface area contributed by atoms with Gasteiger partial charge in [0.25, 0.3) is 0 Å². The van der Waals surface area contributed by atoms with E-state index in [0.29, 0.717) is 23.6 Å². The Morgan fingerprint density at radius 3 is 2.32 bits per heavy atom. The van der Waals surface area contributed by atoms with E-state index in [2.05, 4.69) is 5.32 Å². The van der Waals surface area contributed by atoms with Crippen LogP contribution in [-0.2, 0) is 21.2 Å². The largest absolute Gasteiger partial charge is 0.349 e. The molecule has 1 unspecified atom stereocenters. The van der Waals surface area contributed by atoms with E-state index < -0.39 is 21.6 Å². The number of hydrogen-bond acceptors (Lipinski definition) is 3. The molecule has 28 heavy (non-hydrogen) atoms. The van der Waals surface area contributed by atoms with Gasteiger partial charge in [-0.1, -0.05) is 54.9 Å². The van der Waals surface area contributed by atoms with E-state index in [1.807, 2.05) is 44.2 Å². The van der Waals surface area contributed by atoms with Gasteiger partial charge in [-0.15, -0.1) is 0 Å². The summed E-state index contributed by atoms with van der Waals surface area (Å²) < 4.78 is 26.2. The average molecular weight is 423 g/mol. The van der Waals surface area contributed by atoms with Crippen LogP contribution in [0.25, 0.3) is 0 Å². The quantitative estimate of drug-likeness (QED) is 0.698. The number of nitrogens with zero attached hydrogens (tertiary/aromatic N) is 1. The molecule has 1 amide bonds. The number of rotatable bonds is 8. The fourth-order valence-electron chi connectivity index (χ4n) is 3.24. The summed E-state index contributed by atoms with van der Waals surface area (Å²) in [6.07, 6.45) is 2.05. The molecule has 7 heteroatoms. The number of benzene rings is 2. The van der Waals surface area contributed by atoms with Crippen molar-refractivity contribution in [1.29, 1.82) is 0 Å². The van der Waals surface area contributed by atoms with Crippen LogP contribution in [0.4, 0.5) is 5.69 Å². The first-order chi connectivity index (χ1) is 13.0. The van der Waals surface area contributed by atoms with Gasteiger partial charge < -0.3 is 5.32 Å². The van der Waals surface area contributed by atoms with Crippen molar-refractivity contribution >= 4 is 33.2 Å². The maximum atomic E-state index is 13.1. The molecule has 2 aromatic rings. The van der Waals surface area contributed by atoms with Crippen LogP contribution < -0.4 is 9.62 Å². The van der Waals surface area contributed by atoms with Crippen LogP contribution in [0.3, 0.4) is 0 Å². The minimum Gasteiger partial charge on any atom is -0.349 e. The maximum Gasteiger partial charge on any atom is 0.244 e. The zero-order valence-electron chi connectivity index (χ0n) is 16.6. The molecule has 1 atom stereocenters. The highest BCUT2D eigenvalue weighted by atomic mass is 35.5. The lowest BCUT2D eigenvalue weighted by Gasteiger charge is -2.34. The highest BCUT2D eigenvalue weighted by Gasteiger charge is 2.34. The van der Waals surface area contributed by atoms with Crippen LogP contribution in [0.5, 0.6) is 0 Å². The standard InChI is InChI=1S/C21H27ClN2O3S/c1-5-19(24(28(4,26)27)18-13-9-12-17(22)14-18)20(25)23-21(2,3)15-16-10-7-6-8-11-16/h6-14,19H,5,15H2,1-4H3,(H,23,25). The molecule has 0 fully saturated rings. The van der Waals surface area contributed by atoms with Crippen LogP contribution in [0.2, 0.25) is 5.02 Å². The Hall–Kier alpha value is -2.05. The molecule has 2 rings (SSSR count). The number of hydrogen-bond donors (Lipinski definition) is 1. The molecule has 0 spiro atoms. The Balaban J connectivity index is 2.28. The number of halogens is 1. The van der Waals surface area contributed by atoms with Gasteiger partial charge in [-0.2, -0.15) is 0 Å². The second-order valence-electron chi connectivity index (χ2n) is 7.50. The molecule has 0 aliphatic carbocycles. The van der Waals surface area contributed by atoms with Crippen LogP contribution in [0.1, 0.15) is 32.8 Å². The summed E-state index contributed by atoms with van der Waals surface area (Å²) in [5.74, 6) is -0.339. The summed E-state index contributed by atoms with van der Waals surface area (Å²) in [6.45, 7) is 5.64. The number of carbonyl (C=O) groups is 1. The Labute approximate surface area is 172 Å². The highest BCUT2D eigenvalue weighted by molar-refractivity contribution is 7.92. The molecule has 0 aliphatic heterocycles. The first-order valence-electron chi connectivity index (χ1n) is 9.14. The van der Waals surface area contributed by atoms with Gasteiger partial charge in [0.2, 0.25) is 15.9 Å². The third-order valence-electron chi connectivity index (χ3n) is 4.34. The van der Waals surface area contributed by atoms with Crippen molar-refractivity contribution in [2.45, 2.75) is 45.2 Å². The zero-order chi connectivity index (χ0) is 20.9. The van der Waals surface area contributed by atoms with Gasteiger partial charge in [-0.05, 0) is 50.5 Å². The predicted octanol–water partition coefficient (Wildman–Crippen LogP) is 4.02. The Kier molecular flexibility index (Phi) is 7.12. The van der Waals surface area contributed by atoms with Gasteiger partial charge >= 0.3 is 0 Å². The molecule has 0 saturated heterocycles. The van der Waals surface area contributed by atoms with E-state index in [1.54, 1.807) is 31.2 Å². The van der Waals surface area contributed by atoms with Crippen LogP contribution in [0, 0.1) is 0 Å². The van der Waals surface area contributed by atoms with Crippen LogP contribution >= 0.6 is 11.6 Å². The molecular weight excluding hydrogens is 396 g/mol. The topological polar surface area (TPSA) is 66.5 Å². The lowest BCUT2D eigenvalue weighted by Crippen LogP contribution is -2.55. The molecule has 0 radical (unpaired) electrons. The summed E-state index contributed by atoms with van der Waals surface area (Å²) in [6, 6.07) is 15.5. The molecule has 152 valence electrons. The van der Waals surface area contributed by atoms with Gasteiger partial charge in [0.15, 0.2) is 0 Å². The van der Waals surface area contributed by atoms with E-state index in [-0.39, 0.29) is 5.91 Å². The van der Waals surface area contributed by atoms with Crippen LogP contribution in [0.15, 0.2) is 54.6 Å². The molecular formula is C21H27ClN2O3S. The van der Waals surface area contributed by atoms with Crippen molar-refractivity contribution < 1.29 is 13.2 Å². The van der Waals surface area contributed by atoms with Crippen molar-refractivity contribution in [3.8, 4) is 0 Å². The fourth-order valence-corrected chi connectivity index (χ4v) is 4.63. The second-order valence-corrected chi connectivity index (χ2v) is 9.79. The number of anilines is 1. The molecule has 0 aromatic heterocycles. The summed E-state index contributed by atoms with van der Waals surface area (Å²) >= 11 is 6.04. The maximum absolute atomic E-state index is 13.1. The minimum atomic E-state index is -3.69. The van der Waals surface area contributed by atoms with Crippen molar-refractivity contribution in [2.24, 2.45) is 0 Å². The third-order valence-corrected chi connectivity index (χ3v) is 5.76. The Morgan fingerprint density at radius 2 is 1.79 bits per heavy atom. The monoisotopic (exact) mass is 422 g/mol. The van der Waals surface area contributed by atoms with E-state index in [9.17, 15) is 13.2 Å². The molecule has 0 saturated carbocycles. The van der Waals surface area contributed by atoms with Crippen molar-refractivity contribution in [3.63, 3.8) is 0 Å². The van der Waals surface area contributed by atoms with Crippen molar-refractivity contribution in [2.75, 3.05) is 10.6 Å². The van der Waals surface area contributed by atoms with Gasteiger partial charge in [0.1, 0.15) is 6.04 Å². The second kappa shape index (κ2) is 8.97. The number of carbonyl (C=O) groups excluding carboxylic acids is 1. The van der Waals surface area contributed by atoms with Gasteiger partial charge in [-0.25, -0.2) is 8.42 Å². The average Bonchev–Trinajstić information content (AvgIpc) is 2.58. The van der Waals surface area contributed by atoms with E-state index in [0.717, 1.165) is 16.1 Å². The van der Waals surface area contributed by atoms with E-state index in [1.165, 1.54) is 0 Å². The molecule has 2 aromatic carbocycles. The predicted molar refractivity (Wildman–Crippen MR) is 115 cm³/mol. The van der Waals surface area contributed by atoms with E-state index in [4.69, 9.17) is 11.6 Å². The lowest BCUT2D eigenvalue weighted by molar-refractivity contribution is -0.123. The number of nitrogens with one attached hydrogen (secondary N) is 1. The van der Waals surface area contributed by atoms with Crippen molar-refractivity contribution in [1.82, 2.24) is 5.32 Å². The normalized spacial score (nSPS) is 13.0. The van der Waals surface area contributed by atoms with Crippen molar-refractivity contribution in [3.05, 3.63) is 65.2 Å². The summed E-state index contributed by atoms with van der Waals surface area (Å²) in [4.78, 5) is 13.1. The SMILES string of the molecule is CCC(C(=O)NC(C)(C)Cc1ccccc1)N(c1cccc(Cl)c1)S(C)(=O)=O. The minimum absolute atomic E-state index is 0.326. The molecule has 0 aliphatic rings. The highest BCUT2D eigenvalue weighted by Crippen LogP contribution is 2.26. The number of amides is 1. The van der Waals surface area contributed by atoms with Gasteiger partial charge in [-0.3, -0.25) is 9.10 Å². The Bertz CT molecular complexity index is 914. The molecule has 1 N–H and O–H groups in total. The van der Waals surface area contributed by atoms with Gasteiger partial charge in [0, 0.05) is 10.6 Å². The number of sulfonamides is 1.